The number of rotatable bonds is 9. The van der Waals surface area contributed by atoms with Crippen molar-refractivity contribution in [3.63, 3.8) is 0 Å². The number of anilines is 1. The Kier molecular flexibility index (Phi) is 7.03. The molecule has 0 spiro atoms. The maximum absolute atomic E-state index is 12.3. The lowest BCUT2D eigenvalue weighted by molar-refractivity contribution is -0.123. The van der Waals surface area contributed by atoms with E-state index in [1.165, 1.54) is 10.6 Å². The molecule has 7 nitrogen and oxygen atoms in total. The van der Waals surface area contributed by atoms with E-state index in [1.807, 2.05) is 36.4 Å². The van der Waals surface area contributed by atoms with Crippen LogP contribution in [0.25, 0.3) is 0 Å². The highest BCUT2D eigenvalue weighted by atomic mass is 32.2. The molecule has 0 aliphatic heterocycles. The summed E-state index contributed by atoms with van der Waals surface area (Å²) in [6.45, 7) is 0.466. The minimum Gasteiger partial charge on any atom is -0.484 e. The summed E-state index contributed by atoms with van der Waals surface area (Å²) in [5, 5.41) is 2.75. The predicted molar refractivity (Wildman–Crippen MR) is 115 cm³/mol. The van der Waals surface area contributed by atoms with Crippen LogP contribution in [0, 0.1) is 0 Å². The van der Waals surface area contributed by atoms with E-state index in [-0.39, 0.29) is 19.1 Å². The van der Waals surface area contributed by atoms with Gasteiger partial charge in [0.1, 0.15) is 5.75 Å². The highest BCUT2D eigenvalue weighted by Gasteiger charge is 2.18. The molecule has 1 heterocycles. The Balaban J connectivity index is 1.58. The zero-order valence-electron chi connectivity index (χ0n) is 16.6. The second kappa shape index (κ2) is 9.89. The summed E-state index contributed by atoms with van der Waals surface area (Å²) in [4.78, 5) is 15.9. The van der Waals surface area contributed by atoms with Crippen molar-refractivity contribution >= 4 is 21.6 Å². The summed E-state index contributed by atoms with van der Waals surface area (Å²) in [7, 11) is -3.47. The van der Waals surface area contributed by atoms with Crippen LogP contribution < -0.4 is 14.4 Å². The largest absolute Gasteiger partial charge is 0.484 e. The summed E-state index contributed by atoms with van der Waals surface area (Å²) in [5.74, 6) is 0.216. The second-order valence-corrected chi connectivity index (χ2v) is 8.58. The van der Waals surface area contributed by atoms with Crippen LogP contribution in [0.4, 0.5) is 5.69 Å². The first-order valence-corrected chi connectivity index (χ1v) is 11.2. The normalized spacial score (nSPS) is 11.0. The standard InChI is InChI=1S/C22H23N3O4S/c1-30(27,28)25(16-18-6-3-2-4-7-18)20-9-11-21(12-10-20)29-17-22(26)24-15-19-8-5-13-23-14-19/h2-14H,15-17H2,1H3,(H,24,26). The number of aromatic nitrogens is 1. The van der Waals surface area contributed by atoms with E-state index in [0.717, 1.165) is 11.1 Å². The monoisotopic (exact) mass is 425 g/mol. The van der Waals surface area contributed by atoms with Crippen LogP contribution in [-0.2, 0) is 27.9 Å². The summed E-state index contributed by atoms with van der Waals surface area (Å²) in [5.41, 5.74) is 2.30. The van der Waals surface area contributed by atoms with Crippen molar-refractivity contribution in [1.29, 1.82) is 0 Å². The van der Waals surface area contributed by atoms with E-state index in [0.29, 0.717) is 18.0 Å². The van der Waals surface area contributed by atoms with Gasteiger partial charge >= 0.3 is 0 Å². The molecule has 0 aliphatic rings. The topological polar surface area (TPSA) is 88.6 Å². The van der Waals surface area contributed by atoms with E-state index in [4.69, 9.17) is 4.74 Å². The Morgan fingerprint density at radius 1 is 1.00 bits per heavy atom. The minimum absolute atomic E-state index is 0.139. The summed E-state index contributed by atoms with van der Waals surface area (Å²) >= 11 is 0. The zero-order valence-corrected chi connectivity index (χ0v) is 17.4. The van der Waals surface area contributed by atoms with Gasteiger partial charge in [-0.15, -0.1) is 0 Å². The molecule has 0 aliphatic carbocycles. The van der Waals surface area contributed by atoms with Gasteiger partial charge in [-0.1, -0.05) is 36.4 Å². The van der Waals surface area contributed by atoms with Crippen molar-refractivity contribution in [3.05, 3.63) is 90.3 Å². The summed E-state index contributed by atoms with van der Waals surface area (Å²) in [6.07, 6.45) is 4.53. The SMILES string of the molecule is CS(=O)(=O)N(Cc1ccccc1)c1ccc(OCC(=O)NCc2cccnc2)cc1. The molecule has 0 bridgehead atoms. The average Bonchev–Trinajstić information content (AvgIpc) is 2.76. The van der Waals surface area contributed by atoms with Gasteiger partial charge in [-0.3, -0.25) is 14.1 Å². The van der Waals surface area contributed by atoms with E-state index in [1.54, 1.807) is 42.7 Å². The van der Waals surface area contributed by atoms with Crippen molar-refractivity contribution in [1.82, 2.24) is 10.3 Å². The van der Waals surface area contributed by atoms with E-state index in [9.17, 15) is 13.2 Å². The highest BCUT2D eigenvalue weighted by molar-refractivity contribution is 7.92. The number of nitrogens with one attached hydrogen (secondary N) is 1. The number of hydrogen-bond acceptors (Lipinski definition) is 5. The van der Waals surface area contributed by atoms with Gasteiger partial charge in [-0.2, -0.15) is 0 Å². The Morgan fingerprint density at radius 2 is 1.70 bits per heavy atom. The molecular formula is C22H23N3O4S. The molecule has 0 saturated carbocycles. The maximum Gasteiger partial charge on any atom is 0.258 e. The van der Waals surface area contributed by atoms with Gasteiger partial charge in [0.25, 0.3) is 5.91 Å². The number of nitrogens with zero attached hydrogens (tertiary/aromatic N) is 2. The zero-order chi connectivity index (χ0) is 21.4. The Labute approximate surface area is 176 Å². The number of carbonyl (C=O) groups excluding carboxylic acids is 1. The Morgan fingerprint density at radius 3 is 2.33 bits per heavy atom. The number of benzene rings is 2. The van der Waals surface area contributed by atoms with E-state index in [2.05, 4.69) is 10.3 Å². The van der Waals surface area contributed by atoms with Crippen molar-refractivity contribution in [2.75, 3.05) is 17.2 Å². The number of pyridine rings is 1. The number of ether oxygens (including phenoxy) is 1. The van der Waals surface area contributed by atoms with Crippen LogP contribution in [0.1, 0.15) is 11.1 Å². The first-order chi connectivity index (χ1) is 14.4. The van der Waals surface area contributed by atoms with Crippen molar-refractivity contribution in [2.24, 2.45) is 0 Å². The summed E-state index contributed by atoms with van der Waals surface area (Å²) in [6, 6.07) is 19.7. The third-order valence-corrected chi connectivity index (χ3v) is 5.42. The molecule has 0 unspecified atom stereocenters. The molecule has 2 aromatic carbocycles. The predicted octanol–water partition coefficient (Wildman–Crippen LogP) is 2.74. The van der Waals surface area contributed by atoms with E-state index < -0.39 is 10.0 Å². The lowest BCUT2D eigenvalue weighted by Crippen LogP contribution is -2.29. The molecule has 3 rings (SSSR count). The summed E-state index contributed by atoms with van der Waals surface area (Å²) < 4.78 is 31.4. The van der Waals surface area contributed by atoms with Gasteiger partial charge in [-0.25, -0.2) is 8.42 Å². The molecule has 0 atom stereocenters. The van der Waals surface area contributed by atoms with Crippen molar-refractivity contribution in [3.8, 4) is 5.75 Å². The number of carbonyl (C=O) groups is 1. The van der Waals surface area contributed by atoms with Gasteiger partial charge in [0.2, 0.25) is 10.0 Å². The van der Waals surface area contributed by atoms with Crippen LogP contribution in [0.15, 0.2) is 79.1 Å². The van der Waals surface area contributed by atoms with Crippen molar-refractivity contribution in [2.45, 2.75) is 13.1 Å². The number of sulfonamides is 1. The fourth-order valence-electron chi connectivity index (χ4n) is 2.76. The smallest absolute Gasteiger partial charge is 0.258 e. The third-order valence-electron chi connectivity index (χ3n) is 4.28. The molecule has 156 valence electrons. The molecule has 0 fully saturated rings. The highest BCUT2D eigenvalue weighted by Crippen LogP contribution is 2.23. The Hall–Kier alpha value is -3.39. The lowest BCUT2D eigenvalue weighted by Gasteiger charge is -2.22. The second-order valence-electron chi connectivity index (χ2n) is 6.68. The van der Waals surface area contributed by atoms with Crippen molar-refractivity contribution < 1.29 is 17.9 Å². The first kappa shape index (κ1) is 21.3. The van der Waals surface area contributed by atoms with Gasteiger partial charge in [-0.05, 0) is 41.5 Å². The van der Waals surface area contributed by atoms with Crippen LogP contribution in [0.2, 0.25) is 0 Å². The number of hydrogen-bond donors (Lipinski definition) is 1. The first-order valence-electron chi connectivity index (χ1n) is 9.32. The van der Waals surface area contributed by atoms with Gasteiger partial charge in [0.05, 0.1) is 18.5 Å². The molecular weight excluding hydrogens is 402 g/mol. The fourth-order valence-corrected chi connectivity index (χ4v) is 3.65. The quantitative estimate of drug-likeness (QED) is 0.570. The molecule has 1 N–H and O–H groups in total. The van der Waals surface area contributed by atoms with Crippen LogP contribution >= 0.6 is 0 Å². The number of amides is 1. The molecule has 30 heavy (non-hydrogen) atoms. The minimum atomic E-state index is -3.47. The van der Waals surface area contributed by atoms with E-state index >= 15 is 0 Å². The van der Waals surface area contributed by atoms with Gasteiger partial charge < -0.3 is 10.1 Å². The molecule has 0 saturated heterocycles. The van der Waals surface area contributed by atoms with Crippen LogP contribution in [0.3, 0.4) is 0 Å². The molecule has 0 radical (unpaired) electrons. The van der Waals surface area contributed by atoms with Gasteiger partial charge in [0, 0.05) is 18.9 Å². The lowest BCUT2D eigenvalue weighted by atomic mass is 10.2. The third kappa shape index (κ3) is 6.31. The molecule has 1 aromatic heterocycles. The average molecular weight is 426 g/mol. The fraction of sp³-hybridized carbons (Fsp3) is 0.182. The van der Waals surface area contributed by atoms with Gasteiger partial charge in [0.15, 0.2) is 6.61 Å². The Bertz CT molecular complexity index is 1060. The molecule has 3 aromatic rings. The molecule has 1 amide bonds. The maximum atomic E-state index is 12.3. The van der Waals surface area contributed by atoms with Crippen LogP contribution in [0.5, 0.6) is 5.75 Å². The van der Waals surface area contributed by atoms with Crippen LogP contribution in [-0.4, -0.2) is 32.2 Å². The molecule has 8 heteroatoms.